The fraction of sp³-hybridized carbons (Fsp3) is 0.500. The molecule has 1 fully saturated rings. The zero-order chi connectivity index (χ0) is 12.7. The lowest BCUT2D eigenvalue weighted by Gasteiger charge is -2.13. The van der Waals surface area contributed by atoms with Crippen molar-refractivity contribution in [2.24, 2.45) is 0 Å². The van der Waals surface area contributed by atoms with Crippen LogP contribution in [0.1, 0.15) is 19.1 Å². The lowest BCUT2D eigenvalue weighted by Crippen LogP contribution is -2.14. The third-order valence-electron chi connectivity index (χ3n) is 3.00. The van der Waals surface area contributed by atoms with E-state index in [0.29, 0.717) is 15.8 Å². The number of nitrogen functional groups attached to an aromatic ring is 1. The van der Waals surface area contributed by atoms with Gasteiger partial charge in [0.25, 0.3) is 0 Å². The first-order chi connectivity index (χ1) is 8.69. The Kier molecular flexibility index (Phi) is 2.92. The highest BCUT2D eigenvalue weighted by Gasteiger charge is 2.27. The van der Waals surface area contributed by atoms with E-state index in [1.54, 1.807) is 6.33 Å². The molecule has 0 spiro atoms. The summed E-state index contributed by atoms with van der Waals surface area (Å²) >= 11 is 3.31. The van der Waals surface area contributed by atoms with Crippen molar-refractivity contribution in [1.82, 2.24) is 19.5 Å². The second kappa shape index (κ2) is 4.45. The maximum Gasteiger partial charge on any atom is 0.223 e. The van der Waals surface area contributed by atoms with E-state index in [9.17, 15) is 0 Å². The van der Waals surface area contributed by atoms with Gasteiger partial charge in [0.15, 0.2) is 5.65 Å². The monoisotopic (exact) mass is 313 g/mol. The van der Waals surface area contributed by atoms with Crippen LogP contribution in [0.2, 0.25) is 0 Å². The maximum absolute atomic E-state index is 9.08. The minimum absolute atomic E-state index is 0.0317. The van der Waals surface area contributed by atoms with Gasteiger partial charge in [0, 0.05) is 0 Å². The Morgan fingerprint density at radius 2 is 2.33 bits per heavy atom. The number of hydrogen-bond donors (Lipinski definition) is 2. The van der Waals surface area contributed by atoms with Gasteiger partial charge in [-0.1, -0.05) is 0 Å². The third-order valence-corrected chi connectivity index (χ3v) is 3.55. The molecule has 18 heavy (non-hydrogen) atoms. The van der Waals surface area contributed by atoms with Crippen LogP contribution in [-0.4, -0.2) is 37.3 Å². The van der Waals surface area contributed by atoms with Gasteiger partial charge in [0.2, 0.25) is 5.95 Å². The van der Waals surface area contributed by atoms with Gasteiger partial charge in [0.1, 0.15) is 16.3 Å². The zero-order valence-electron chi connectivity index (χ0n) is 9.45. The molecular formula is C10H12BrN5O2. The molecule has 1 aliphatic rings. The smallest absolute Gasteiger partial charge is 0.223 e. The van der Waals surface area contributed by atoms with Gasteiger partial charge in [0.05, 0.1) is 19.0 Å². The lowest BCUT2D eigenvalue weighted by molar-refractivity contribution is -0.0207. The Hall–Kier alpha value is -1.25. The molecule has 3 heterocycles. The van der Waals surface area contributed by atoms with Gasteiger partial charge in [-0.05, 0) is 28.8 Å². The van der Waals surface area contributed by atoms with Crippen LogP contribution in [0.15, 0.2) is 10.9 Å². The third kappa shape index (κ3) is 1.86. The van der Waals surface area contributed by atoms with Gasteiger partial charge in [-0.2, -0.15) is 4.98 Å². The van der Waals surface area contributed by atoms with Crippen LogP contribution in [-0.2, 0) is 4.74 Å². The Morgan fingerprint density at radius 3 is 3.06 bits per heavy atom. The minimum Gasteiger partial charge on any atom is -0.394 e. The van der Waals surface area contributed by atoms with E-state index >= 15 is 0 Å². The zero-order valence-corrected chi connectivity index (χ0v) is 11.0. The number of rotatable bonds is 2. The van der Waals surface area contributed by atoms with Crippen LogP contribution in [0.4, 0.5) is 5.95 Å². The van der Waals surface area contributed by atoms with Crippen molar-refractivity contribution in [2.45, 2.75) is 25.2 Å². The lowest BCUT2D eigenvalue weighted by atomic mass is 10.2. The molecule has 0 unspecified atom stereocenters. The fourth-order valence-electron chi connectivity index (χ4n) is 2.13. The summed E-state index contributed by atoms with van der Waals surface area (Å²) in [6.45, 7) is 0.0317. The topological polar surface area (TPSA) is 99.1 Å². The molecule has 0 aromatic carbocycles. The van der Waals surface area contributed by atoms with Crippen LogP contribution < -0.4 is 5.73 Å². The number of ether oxygens (including phenoxy) is 1. The van der Waals surface area contributed by atoms with E-state index in [-0.39, 0.29) is 24.9 Å². The maximum atomic E-state index is 9.08. The van der Waals surface area contributed by atoms with Crippen molar-refractivity contribution in [3.05, 3.63) is 10.9 Å². The fourth-order valence-corrected chi connectivity index (χ4v) is 2.60. The van der Waals surface area contributed by atoms with E-state index in [4.69, 9.17) is 15.6 Å². The Labute approximate surface area is 111 Å². The van der Waals surface area contributed by atoms with E-state index in [2.05, 4.69) is 30.9 Å². The molecule has 0 aliphatic carbocycles. The average Bonchev–Trinajstić information content (AvgIpc) is 2.93. The molecule has 3 N–H and O–H groups in total. The number of fused-ring (bicyclic) bond motifs is 1. The Balaban J connectivity index is 2.03. The molecule has 1 aliphatic heterocycles. The van der Waals surface area contributed by atoms with Crippen LogP contribution >= 0.6 is 15.9 Å². The second-order valence-corrected chi connectivity index (χ2v) is 4.92. The van der Waals surface area contributed by atoms with E-state index in [1.165, 1.54) is 0 Å². The molecule has 7 nitrogen and oxygen atoms in total. The molecule has 3 rings (SSSR count). The standard InChI is InChI=1S/C10H12BrN5O2/c11-8-7-9(15-10(12)14-8)16(4-13-7)6-2-1-5(3-17)18-6/h4-6,17H,1-3H2,(H2,12,14,15)/t5-,6+/m0/s1. The molecule has 0 amide bonds. The van der Waals surface area contributed by atoms with Gasteiger partial charge >= 0.3 is 0 Å². The summed E-state index contributed by atoms with van der Waals surface area (Å²) in [6, 6.07) is 0. The summed E-state index contributed by atoms with van der Waals surface area (Å²) in [5, 5.41) is 9.08. The number of hydrogen-bond acceptors (Lipinski definition) is 6. The summed E-state index contributed by atoms with van der Waals surface area (Å²) in [7, 11) is 0. The normalized spacial score (nSPS) is 23.9. The molecular weight excluding hydrogens is 302 g/mol. The van der Waals surface area contributed by atoms with Crippen LogP contribution in [0, 0.1) is 0 Å². The largest absolute Gasteiger partial charge is 0.394 e. The summed E-state index contributed by atoms with van der Waals surface area (Å²) in [5.41, 5.74) is 6.92. The molecule has 0 radical (unpaired) electrons. The molecule has 8 heteroatoms. The first-order valence-electron chi connectivity index (χ1n) is 5.61. The number of nitrogens with two attached hydrogens (primary N) is 1. The number of halogens is 1. The number of nitrogens with zero attached hydrogens (tertiary/aromatic N) is 4. The van der Waals surface area contributed by atoms with Gasteiger partial charge in [-0.25, -0.2) is 9.97 Å². The average molecular weight is 314 g/mol. The molecule has 96 valence electrons. The van der Waals surface area contributed by atoms with Crippen molar-refractivity contribution in [3.63, 3.8) is 0 Å². The predicted octanol–water partition coefficient (Wildman–Crippen LogP) is 0.841. The van der Waals surface area contributed by atoms with Gasteiger partial charge < -0.3 is 15.6 Å². The number of aromatic nitrogens is 4. The van der Waals surface area contributed by atoms with Gasteiger partial charge in [-0.15, -0.1) is 0 Å². The van der Waals surface area contributed by atoms with Gasteiger partial charge in [-0.3, -0.25) is 4.57 Å². The molecule has 0 saturated carbocycles. The van der Waals surface area contributed by atoms with Crippen molar-refractivity contribution in [2.75, 3.05) is 12.3 Å². The van der Waals surface area contributed by atoms with Crippen molar-refractivity contribution >= 4 is 33.0 Å². The van der Waals surface area contributed by atoms with E-state index in [1.807, 2.05) is 4.57 Å². The molecule has 1 saturated heterocycles. The second-order valence-electron chi connectivity index (χ2n) is 4.17. The molecule has 0 bridgehead atoms. The number of aliphatic hydroxyl groups excluding tert-OH is 1. The quantitative estimate of drug-likeness (QED) is 0.797. The first-order valence-corrected chi connectivity index (χ1v) is 6.40. The van der Waals surface area contributed by atoms with Crippen molar-refractivity contribution in [1.29, 1.82) is 0 Å². The molecule has 2 aromatic rings. The minimum atomic E-state index is -0.159. The summed E-state index contributed by atoms with van der Waals surface area (Å²) in [6.07, 6.45) is 3.03. The van der Waals surface area contributed by atoms with E-state index < -0.39 is 0 Å². The van der Waals surface area contributed by atoms with Crippen LogP contribution in [0.3, 0.4) is 0 Å². The summed E-state index contributed by atoms with van der Waals surface area (Å²) in [5.74, 6) is 0.188. The highest BCUT2D eigenvalue weighted by Crippen LogP contribution is 2.31. The SMILES string of the molecule is Nc1nc(Br)c2ncn([C@H]3CC[C@@H](CO)O3)c2n1. The molecule has 2 aromatic heterocycles. The van der Waals surface area contributed by atoms with Crippen molar-refractivity contribution < 1.29 is 9.84 Å². The Bertz CT molecular complexity index is 587. The number of imidazole rings is 1. The van der Waals surface area contributed by atoms with Crippen LogP contribution in [0.5, 0.6) is 0 Å². The van der Waals surface area contributed by atoms with Crippen LogP contribution in [0.25, 0.3) is 11.2 Å². The molecule has 2 atom stereocenters. The van der Waals surface area contributed by atoms with E-state index in [0.717, 1.165) is 12.8 Å². The highest BCUT2D eigenvalue weighted by molar-refractivity contribution is 9.10. The Morgan fingerprint density at radius 1 is 1.50 bits per heavy atom. The van der Waals surface area contributed by atoms with Crippen molar-refractivity contribution in [3.8, 4) is 0 Å². The number of aliphatic hydroxyl groups is 1. The highest BCUT2D eigenvalue weighted by atomic mass is 79.9. The predicted molar refractivity (Wildman–Crippen MR) is 67.7 cm³/mol. The summed E-state index contributed by atoms with van der Waals surface area (Å²) in [4.78, 5) is 12.4. The summed E-state index contributed by atoms with van der Waals surface area (Å²) < 4.78 is 8.10. The number of anilines is 1. The first kappa shape index (κ1) is 11.8.